The first kappa shape index (κ1) is 18.7. The highest BCUT2D eigenvalue weighted by molar-refractivity contribution is 7.99. The summed E-state index contributed by atoms with van der Waals surface area (Å²) in [6.45, 7) is 2.07. The fraction of sp³-hybridized carbons (Fsp3) is 0.130. The van der Waals surface area contributed by atoms with Crippen LogP contribution in [0.4, 0.5) is 5.69 Å². The lowest BCUT2D eigenvalue weighted by Crippen LogP contribution is -2.12. The molecule has 0 fully saturated rings. The molecule has 1 amide bonds. The third-order valence-corrected chi connectivity index (χ3v) is 6.43. The van der Waals surface area contributed by atoms with Crippen molar-refractivity contribution < 1.29 is 4.79 Å². The zero-order chi connectivity index (χ0) is 19.3. The fourth-order valence-corrected chi connectivity index (χ4v) is 4.73. The molecule has 5 heteroatoms. The average molecular weight is 405 g/mol. The van der Waals surface area contributed by atoms with Crippen LogP contribution in [0.15, 0.2) is 77.7 Å². The Morgan fingerprint density at radius 1 is 1.00 bits per heavy atom. The van der Waals surface area contributed by atoms with Crippen molar-refractivity contribution in [3.8, 4) is 10.6 Å². The Kier molecular flexibility index (Phi) is 5.74. The highest BCUT2D eigenvalue weighted by atomic mass is 32.2. The van der Waals surface area contributed by atoms with Crippen molar-refractivity contribution in [3.63, 3.8) is 0 Å². The molecule has 1 aromatic heterocycles. The molecule has 0 radical (unpaired) electrons. The number of anilines is 1. The van der Waals surface area contributed by atoms with Crippen LogP contribution in [-0.2, 0) is 4.79 Å². The Balaban J connectivity index is 1.43. The molecule has 0 aliphatic heterocycles. The maximum Gasteiger partial charge on any atom is 0.225 e. The number of aromatic nitrogens is 1. The lowest BCUT2D eigenvalue weighted by Gasteiger charge is -2.09. The van der Waals surface area contributed by atoms with E-state index in [1.165, 1.54) is 10.5 Å². The van der Waals surface area contributed by atoms with Crippen molar-refractivity contribution in [2.45, 2.75) is 18.2 Å². The molecule has 4 rings (SSSR count). The van der Waals surface area contributed by atoms with E-state index in [2.05, 4.69) is 42.6 Å². The Morgan fingerprint density at radius 2 is 1.75 bits per heavy atom. The first-order chi connectivity index (χ1) is 13.7. The van der Waals surface area contributed by atoms with Gasteiger partial charge in [-0.2, -0.15) is 0 Å². The smallest absolute Gasteiger partial charge is 0.225 e. The van der Waals surface area contributed by atoms with Gasteiger partial charge in [0, 0.05) is 22.6 Å². The van der Waals surface area contributed by atoms with Crippen LogP contribution < -0.4 is 5.32 Å². The Hall–Kier alpha value is -2.63. The first-order valence-electron chi connectivity index (χ1n) is 9.13. The van der Waals surface area contributed by atoms with Gasteiger partial charge >= 0.3 is 0 Å². The number of hydrogen-bond donors (Lipinski definition) is 1. The fourth-order valence-electron chi connectivity index (χ4n) is 2.87. The number of amides is 1. The van der Waals surface area contributed by atoms with Gasteiger partial charge in [-0.15, -0.1) is 23.1 Å². The van der Waals surface area contributed by atoms with E-state index in [9.17, 15) is 4.79 Å². The molecule has 0 saturated carbocycles. The van der Waals surface area contributed by atoms with Gasteiger partial charge in [-0.05, 0) is 43.3 Å². The molecule has 0 aliphatic rings. The van der Waals surface area contributed by atoms with Gasteiger partial charge < -0.3 is 5.32 Å². The molecule has 0 spiro atoms. The molecule has 1 N–H and O–H groups in total. The van der Waals surface area contributed by atoms with Crippen LogP contribution in [0.25, 0.3) is 20.8 Å². The second-order valence-corrected chi connectivity index (χ2v) is 8.69. The quantitative estimate of drug-likeness (QED) is 0.378. The van der Waals surface area contributed by atoms with E-state index < -0.39 is 0 Å². The number of fused-ring (bicyclic) bond motifs is 1. The van der Waals surface area contributed by atoms with E-state index in [1.54, 1.807) is 23.1 Å². The Bertz CT molecular complexity index is 1070. The van der Waals surface area contributed by atoms with Gasteiger partial charge in [-0.25, -0.2) is 4.98 Å². The van der Waals surface area contributed by atoms with E-state index in [4.69, 9.17) is 4.98 Å². The monoisotopic (exact) mass is 404 g/mol. The van der Waals surface area contributed by atoms with Crippen molar-refractivity contribution in [3.05, 3.63) is 78.4 Å². The predicted molar refractivity (Wildman–Crippen MR) is 120 cm³/mol. The number of hydrogen-bond acceptors (Lipinski definition) is 4. The molecule has 1 heterocycles. The van der Waals surface area contributed by atoms with Crippen LogP contribution >= 0.6 is 23.1 Å². The molecule has 140 valence electrons. The molecule has 0 bridgehead atoms. The zero-order valence-electron chi connectivity index (χ0n) is 15.5. The number of carbonyl (C=O) groups is 1. The van der Waals surface area contributed by atoms with Gasteiger partial charge in [-0.3, -0.25) is 4.79 Å². The summed E-state index contributed by atoms with van der Waals surface area (Å²) in [5.74, 6) is 0.770. The lowest BCUT2D eigenvalue weighted by molar-refractivity contribution is -0.115. The number of para-hydroxylation sites is 2. The van der Waals surface area contributed by atoms with Gasteiger partial charge in [0.15, 0.2) is 0 Å². The minimum Gasteiger partial charge on any atom is -0.325 e. The third-order valence-electron chi connectivity index (χ3n) is 4.34. The molecular formula is C23H20N2OS2. The van der Waals surface area contributed by atoms with E-state index in [0.29, 0.717) is 6.42 Å². The van der Waals surface area contributed by atoms with Crippen LogP contribution in [0.2, 0.25) is 0 Å². The average Bonchev–Trinajstić information content (AvgIpc) is 3.14. The summed E-state index contributed by atoms with van der Waals surface area (Å²) >= 11 is 3.34. The number of nitrogens with zero attached hydrogens (tertiary/aromatic N) is 1. The van der Waals surface area contributed by atoms with Gasteiger partial charge in [0.25, 0.3) is 0 Å². The number of thioether (sulfide) groups is 1. The maximum absolute atomic E-state index is 12.5. The number of thiazole rings is 1. The number of nitrogens with one attached hydrogen (secondary N) is 1. The van der Waals surface area contributed by atoms with Crippen molar-refractivity contribution in [1.82, 2.24) is 4.98 Å². The van der Waals surface area contributed by atoms with Gasteiger partial charge in [0.05, 0.1) is 15.9 Å². The summed E-state index contributed by atoms with van der Waals surface area (Å²) in [4.78, 5) is 18.4. The SMILES string of the molecule is Cc1ccc(SCCC(=O)Nc2ccccc2-c2nc3ccccc3s2)cc1. The predicted octanol–water partition coefficient (Wildman–Crippen LogP) is 6.39. The summed E-state index contributed by atoms with van der Waals surface area (Å²) in [5, 5.41) is 3.99. The molecule has 0 aliphatic carbocycles. The Morgan fingerprint density at radius 3 is 2.57 bits per heavy atom. The minimum absolute atomic E-state index is 0.0215. The van der Waals surface area contributed by atoms with Crippen LogP contribution in [0.3, 0.4) is 0 Å². The van der Waals surface area contributed by atoms with Gasteiger partial charge in [-0.1, -0.05) is 42.0 Å². The molecule has 0 saturated heterocycles. The highest BCUT2D eigenvalue weighted by Gasteiger charge is 2.12. The topological polar surface area (TPSA) is 42.0 Å². The molecule has 3 aromatic carbocycles. The summed E-state index contributed by atoms with van der Waals surface area (Å²) in [6, 6.07) is 24.3. The number of rotatable bonds is 6. The third kappa shape index (κ3) is 4.43. The highest BCUT2D eigenvalue weighted by Crippen LogP contribution is 2.34. The van der Waals surface area contributed by atoms with E-state index in [0.717, 1.165) is 32.2 Å². The zero-order valence-corrected chi connectivity index (χ0v) is 17.1. The van der Waals surface area contributed by atoms with E-state index >= 15 is 0 Å². The summed E-state index contributed by atoms with van der Waals surface area (Å²) < 4.78 is 1.15. The standard InChI is InChI=1S/C23H20N2OS2/c1-16-10-12-17(13-11-16)27-15-14-22(26)24-19-7-3-2-6-18(19)23-25-20-8-4-5-9-21(20)28-23/h2-13H,14-15H2,1H3,(H,24,26). The molecule has 0 unspecified atom stereocenters. The van der Waals surface area contributed by atoms with Crippen molar-refractivity contribution in [2.24, 2.45) is 0 Å². The Labute approximate surface area is 172 Å². The van der Waals surface area contributed by atoms with Crippen LogP contribution in [0.5, 0.6) is 0 Å². The first-order valence-corrected chi connectivity index (χ1v) is 10.9. The number of benzene rings is 3. The van der Waals surface area contributed by atoms with E-state index in [1.807, 2.05) is 42.5 Å². The largest absolute Gasteiger partial charge is 0.325 e. The molecule has 3 nitrogen and oxygen atoms in total. The minimum atomic E-state index is 0.0215. The number of aryl methyl sites for hydroxylation is 1. The van der Waals surface area contributed by atoms with Crippen molar-refractivity contribution in [1.29, 1.82) is 0 Å². The van der Waals surface area contributed by atoms with Crippen molar-refractivity contribution >= 4 is 44.9 Å². The van der Waals surface area contributed by atoms with Crippen LogP contribution in [0.1, 0.15) is 12.0 Å². The second-order valence-electron chi connectivity index (χ2n) is 6.49. The molecular weight excluding hydrogens is 384 g/mol. The lowest BCUT2D eigenvalue weighted by atomic mass is 10.2. The van der Waals surface area contributed by atoms with Crippen LogP contribution in [-0.4, -0.2) is 16.6 Å². The maximum atomic E-state index is 12.5. The van der Waals surface area contributed by atoms with E-state index in [-0.39, 0.29) is 5.91 Å². The molecule has 4 aromatic rings. The second kappa shape index (κ2) is 8.59. The van der Waals surface area contributed by atoms with Crippen molar-refractivity contribution in [2.75, 3.05) is 11.1 Å². The number of carbonyl (C=O) groups excluding carboxylic acids is 1. The van der Waals surface area contributed by atoms with Crippen LogP contribution in [0, 0.1) is 6.92 Å². The molecule has 0 atom stereocenters. The molecule has 28 heavy (non-hydrogen) atoms. The van der Waals surface area contributed by atoms with Gasteiger partial charge in [0.2, 0.25) is 5.91 Å². The van der Waals surface area contributed by atoms with Gasteiger partial charge in [0.1, 0.15) is 5.01 Å². The summed E-state index contributed by atoms with van der Waals surface area (Å²) in [7, 11) is 0. The summed E-state index contributed by atoms with van der Waals surface area (Å²) in [5.41, 5.74) is 4.00. The normalized spacial score (nSPS) is 10.9. The summed E-state index contributed by atoms with van der Waals surface area (Å²) in [6.07, 6.45) is 0.465.